The molecule has 92 valence electrons. The van der Waals surface area contributed by atoms with Gasteiger partial charge in [-0.3, -0.25) is 14.9 Å². The van der Waals surface area contributed by atoms with Gasteiger partial charge < -0.3 is 10.4 Å². The third-order valence-corrected chi connectivity index (χ3v) is 2.31. The molecule has 17 heavy (non-hydrogen) atoms. The quantitative estimate of drug-likeness (QED) is 0.710. The van der Waals surface area contributed by atoms with E-state index in [1.165, 1.54) is 0 Å². The molecule has 0 aliphatic heterocycles. The Hall–Kier alpha value is -1.88. The summed E-state index contributed by atoms with van der Waals surface area (Å²) in [5.74, 6) is -1.23. The van der Waals surface area contributed by atoms with Gasteiger partial charge in [-0.15, -0.1) is 0 Å². The van der Waals surface area contributed by atoms with Crippen LogP contribution in [0.1, 0.15) is 11.1 Å². The zero-order chi connectivity index (χ0) is 12.8. The lowest BCUT2D eigenvalue weighted by Gasteiger charge is -2.11. The van der Waals surface area contributed by atoms with Gasteiger partial charge in [0.15, 0.2) is 0 Å². The monoisotopic (exact) mass is 236 g/mol. The van der Waals surface area contributed by atoms with Crippen LogP contribution >= 0.6 is 0 Å². The summed E-state index contributed by atoms with van der Waals surface area (Å²) in [6.45, 7) is 3.58. The lowest BCUT2D eigenvalue weighted by atomic mass is 10.1. The topological polar surface area (TPSA) is 78.4 Å². The molecule has 1 amide bonds. The Balaban J connectivity index is 2.53. The minimum atomic E-state index is -0.982. The number of hydrogen-bond acceptors (Lipinski definition) is 3. The first kappa shape index (κ1) is 13.2. The molecule has 3 N–H and O–H groups in total. The van der Waals surface area contributed by atoms with Crippen molar-refractivity contribution < 1.29 is 14.7 Å². The maximum Gasteiger partial charge on any atom is 0.317 e. The van der Waals surface area contributed by atoms with Crippen molar-refractivity contribution in [1.29, 1.82) is 0 Å². The summed E-state index contributed by atoms with van der Waals surface area (Å²) >= 11 is 0. The van der Waals surface area contributed by atoms with E-state index < -0.39 is 5.97 Å². The van der Waals surface area contributed by atoms with Gasteiger partial charge in [-0.25, -0.2) is 0 Å². The number of carbonyl (C=O) groups is 2. The number of aryl methyl sites for hydroxylation is 2. The zero-order valence-electron chi connectivity index (χ0n) is 9.91. The average molecular weight is 236 g/mol. The Kier molecular flexibility index (Phi) is 4.66. The molecule has 0 heterocycles. The highest BCUT2D eigenvalue weighted by Crippen LogP contribution is 2.18. The number of anilines is 1. The Morgan fingerprint density at radius 1 is 1.18 bits per heavy atom. The summed E-state index contributed by atoms with van der Waals surface area (Å²) in [5, 5.41) is 13.7. The standard InChI is InChI=1S/C12H16N2O3/c1-8-4-3-5-9(2)12(8)14-10(15)6-13-7-11(16)17/h3-5,13H,6-7H2,1-2H3,(H,14,15)(H,16,17). The molecule has 0 atom stereocenters. The average Bonchev–Trinajstić information content (AvgIpc) is 2.23. The summed E-state index contributed by atoms with van der Waals surface area (Å²) in [7, 11) is 0. The SMILES string of the molecule is Cc1cccc(C)c1NC(=O)CNCC(=O)O. The van der Waals surface area contributed by atoms with Crippen LogP contribution in [0, 0.1) is 13.8 Å². The number of benzene rings is 1. The van der Waals surface area contributed by atoms with Crippen molar-refractivity contribution in [3.8, 4) is 0 Å². The minimum absolute atomic E-state index is 0.0138. The molecule has 1 aromatic rings. The normalized spacial score (nSPS) is 10.0. The van der Waals surface area contributed by atoms with Gasteiger partial charge in [0.25, 0.3) is 0 Å². The van der Waals surface area contributed by atoms with Gasteiger partial charge >= 0.3 is 5.97 Å². The van der Waals surface area contributed by atoms with Gasteiger partial charge in [0, 0.05) is 5.69 Å². The van der Waals surface area contributed by atoms with E-state index in [2.05, 4.69) is 10.6 Å². The molecule has 0 saturated carbocycles. The van der Waals surface area contributed by atoms with Crippen molar-refractivity contribution in [2.45, 2.75) is 13.8 Å². The van der Waals surface area contributed by atoms with Crippen LogP contribution in [-0.2, 0) is 9.59 Å². The number of aliphatic carboxylic acids is 1. The number of rotatable bonds is 5. The summed E-state index contributed by atoms with van der Waals surface area (Å²) in [5.41, 5.74) is 2.75. The number of carboxylic acids is 1. The third kappa shape index (κ3) is 4.24. The third-order valence-electron chi connectivity index (χ3n) is 2.31. The molecule has 0 aliphatic rings. The van der Waals surface area contributed by atoms with Crippen molar-refractivity contribution in [2.24, 2.45) is 0 Å². The minimum Gasteiger partial charge on any atom is -0.480 e. The van der Waals surface area contributed by atoms with Gasteiger partial charge in [-0.2, -0.15) is 0 Å². The first-order chi connectivity index (χ1) is 8.00. The maximum absolute atomic E-state index is 11.5. The van der Waals surface area contributed by atoms with Crippen LogP contribution in [0.4, 0.5) is 5.69 Å². The molecule has 1 aromatic carbocycles. The number of carboxylic acid groups (broad SMARTS) is 1. The second kappa shape index (κ2) is 6.00. The Labute approximate surface area is 99.8 Å². The number of para-hydroxylation sites is 1. The largest absolute Gasteiger partial charge is 0.480 e. The van der Waals surface area contributed by atoms with E-state index in [4.69, 9.17) is 5.11 Å². The van der Waals surface area contributed by atoms with E-state index in [1.54, 1.807) is 0 Å². The molecule has 0 radical (unpaired) electrons. The number of carbonyl (C=O) groups excluding carboxylic acids is 1. The molecule has 0 fully saturated rings. The predicted octanol–water partition coefficient (Wildman–Crippen LogP) is 0.916. The molecule has 0 spiro atoms. The molecule has 0 aliphatic carbocycles. The predicted molar refractivity (Wildman–Crippen MR) is 65.1 cm³/mol. The van der Waals surface area contributed by atoms with Crippen molar-refractivity contribution in [2.75, 3.05) is 18.4 Å². The van der Waals surface area contributed by atoms with E-state index in [9.17, 15) is 9.59 Å². The number of amides is 1. The lowest BCUT2D eigenvalue weighted by molar-refractivity contribution is -0.135. The molecule has 0 bridgehead atoms. The highest BCUT2D eigenvalue weighted by atomic mass is 16.4. The van der Waals surface area contributed by atoms with E-state index in [-0.39, 0.29) is 19.0 Å². The van der Waals surface area contributed by atoms with Crippen LogP contribution in [0.3, 0.4) is 0 Å². The molecule has 1 rings (SSSR count). The van der Waals surface area contributed by atoms with E-state index in [0.29, 0.717) is 0 Å². The number of hydrogen-bond donors (Lipinski definition) is 3. The molecule has 0 unspecified atom stereocenters. The van der Waals surface area contributed by atoms with E-state index >= 15 is 0 Å². The maximum atomic E-state index is 11.5. The molecule has 5 heteroatoms. The Morgan fingerprint density at radius 3 is 2.29 bits per heavy atom. The smallest absolute Gasteiger partial charge is 0.317 e. The first-order valence-corrected chi connectivity index (χ1v) is 5.29. The van der Waals surface area contributed by atoms with Crippen molar-refractivity contribution in [1.82, 2.24) is 5.32 Å². The Bertz CT molecular complexity index is 410. The molecule has 5 nitrogen and oxygen atoms in total. The van der Waals surface area contributed by atoms with Gasteiger partial charge in [0.1, 0.15) is 0 Å². The van der Waals surface area contributed by atoms with Crippen LogP contribution in [0.25, 0.3) is 0 Å². The van der Waals surface area contributed by atoms with Gasteiger partial charge in [-0.05, 0) is 25.0 Å². The summed E-state index contributed by atoms with van der Waals surface area (Å²) < 4.78 is 0. The van der Waals surface area contributed by atoms with Crippen LogP contribution in [0.15, 0.2) is 18.2 Å². The van der Waals surface area contributed by atoms with Gasteiger partial charge in [0.05, 0.1) is 13.1 Å². The fraction of sp³-hybridized carbons (Fsp3) is 0.333. The fourth-order valence-corrected chi connectivity index (χ4v) is 1.48. The Morgan fingerprint density at radius 2 is 1.76 bits per heavy atom. The van der Waals surface area contributed by atoms with Crippen molar-refractivity contribution >= 4 is 17.6 Å². The van der Waals surface area contributed by atoms with Crippen molar-refractivity contribution in [3.63, 3.8) is 0 Å². The van der Waals surface area contributed by atoms with Crippen LogP contribution in [0.5, 0.6) is 0 Å². The molecule has 0 saturated heterocycles. The van der Waals surface area contributed by atoms with Gasteiger partial charge in [0.2, 0.25) is 5.91 Å². The summed E-state index contributed by atoms with van der Waals surface area (Å²) in [6.07, 6.45) is 0. The lowest BCUT2D eigenvalue weighted by Crippen LogP contribution is -2.32. The fourth-order valence-electron chi connectivity index (χ4n) is 1.48. The summed E-state index contributed by atoms with van der Waals surface area (Å²) in [6, 6.07) is 5.74. The first-order valence-electron chi connectivity index (χ1n) is 5.29. The molecule has 0 aromatic heterocycles. The highest BCUT2D eigenvalue weighted by Gasteiger charge is 2.07. The number of nitrogens with one attached hydrogen (secondary N) is 2. The second-order valence-electron chi connectivity index (χ2n) is 3.81. The van der Waals surface area contributed by atoms with Crippen LogP contribution < -0.4 is 10.6 Å². The van der Waals surface area contributed by atoms with E-state index in [0.717, 1.165) is 16.8 Å². The van der Waals surface area contributed by atoms with E-state index in [1.807, 2.05) is 32.0 Å². The highest BCUT2D eigenvalue weighted by molar-refractivity contribution is 5.93. The van der Waals surface area contributed by atoms with Gasteiger partial charge in [-0.1, -0.05) is 18.2 Å². The molecular weight excluding hydrogens is 220 g/mol. The summed E-state index contributed by atoms with van der Waals surface area (Å²) in [4.78, 5) is 21.8. The van der Waals surface area contributed by atoms with Crippen LogP contribution in [0.2, 0.25) is 0 Å². The van der Waals surface area contributed by atoms with Crippen LogP contribution in [-0.4, -0.2) is 30.1 Å². The zero-order valence-corrected chi connectivity index (χ0v) is 9.91. The van der Waals surface area contributed by atoms with Crippen molar-refractivity contribution in [3.05, 3.63) is 29.3 Å². The second-order valence-corrected chi connectivity index (χ2v) is 3.81. The molecular formula is C12H16N2O3.